The molecule has 0 bridgehead atoms. The van der Waals surface area contributed by atoms with Gasteiger partial charge < -0.3 is 0 Å². The van der Waals surface area contributed by atoms with Crippen molar-refractivity contribution in [2.75, 3.05) is 0 Å². The monoisotopic (exact) mass is 211 g/mol. The Morgan fingerprint density at radius 1 is 1.57 bits per heavy atom. The van der Waals surface area contributed by atoms with E-state index >= 15 is 0 Å². The van der Waals surface area contributed by atoms with Gasteiger partial charge >= 0.3 is 5.00 Å². The molecular formula is C9H9NO3S. The third-order valence-corrected chi connectivity index (χ3v) is 3.91. The van der Waals surface area contributed by atoms with Gasteiger partial charge in [0.1, 0.15) is 5.78 Å². The van der Waals surface area contributed by atoms with E-state index in [2.05, 4.69) is 0 Å². The van der Waals surface area contributed by atoms with Crippen LogP contribution in [-0.2, 0) is 10.2 Å². The van der Waals surface area contributed by atoms with Gasteiger partial charge in [-0.25, -0.2) is 0 Å². The third kappa shape index (κ3) is 1.24. The van der Waals surface area contributed by atoms with Crippen molar-refractivity contribution in [1.29, 1.82) is 0 Å². The van der Waals surface area contributed by atoms with Crippen LogP contribution in [0.3, 0.4) is 0 Å². The molecule has 0 amide bonds. The molecule has 1 aromatic heterocycles. The average Bonchev–Trinajstić information content (AvgIpc) is 2.77. The molecule has 1 heterocycles. The van der Waals surface area contributed by atoms with Crippen molar-refractivity contribution in [3.05, 3.63) is 27.1 Å². The van der Waals surface area contributed by atoms with Crippen LogP contribution in [0.5, 0.6) is 0 Å². The van der Waals surface area contributed by atoms with Crippen molar-refractivity contribution in [2.45, 2.75) is 25.2 Å². The first-order valence-electron chi connectivity index (χ1n) is 4.32. The summed E-state index contributed by atoms with van der Waals surface area (Å²) in [6.45, 7) is 1.55. The Kier molecular flexibility index (Phi) is 1.92. The summed E-state index contributed by atoms with van der Waals surface area (Å²) in [5.74, 6) is 0.120. The predicted octanol–water partition coefficient (Wildman–Crippen LogP) is 2.28. The number of carbonyl (C=O) groups is 1. The lowest BCUT2D eigenvalue weighted by molar-refractivity contribution is -0.380. The van der Waals surface area contributed by atoms with E-state index in [0.29, 0.717) is 0 Å². The smallest absolute Gasteiger partial charge is 0.299 e. The molecule has 4 nitrogen and oxygen atoms in total. The number of Topliss-reactive ketones (excluding diaryl/α,β-unsaturated/α-hetero) is 1. The molecule has 1 fully saturated rings. The largest absolute Gasteiger partial charge is 0.324 e. The highest BCUT2D eigenvalue weighted by molar-refractivity contribution is 7.15. The van der Waals surface area contributed by atoms with E-state index in [1.807, 2.05) is 0 Å². The number of nitro groups is 1. The highest BCUT2D eigenvalue weighted by Crippen LogP contribution is 2.52. The van der Waals surface area contributed by atoms with Crippen LogP contribution in [0.25, 0.3) is 0 Å². The molecule has 0 spiro atoms. The van der Waals surface area contributed by atoms with Gasteiger partial charge in [-0.15, -0.1) is 0 Å². The van der Waals surface area contributed by atoms with Gasteiger partial charge in [0.25, 0.3) is 0 Å². The fraction of sp³-hybridized carbons (Fsp3) is 0.444. The first-order chi connectivity index (χ1) is 6.56. The Bertz CT molecular complexity index is 406. The first-order valence-corrected chi connectivity index (χ1v) is 5.14. The minimum atomic E-state index is -0.412. The van der Waals surface area contributed by atoms with Gasteiger partial charge in [-0.2, -0.15) is 0 Å². The van der Waals surface area contributed by atoms with Gasteiger partial charge in [0, 0.05) is 10.9 Å². The molecule has 74 valence electrons. The average molecular weight is 211 g/mol. The Morgan fingerprint density at radius 3 is 2.57 bits per heavy atom. The zero-order valence-electron chi connectivity index (χ0n) is 7.65. The van der Waals surface area contributed by atoms with Crippen LogP contribution in [0.4, 0.5) is 5.00 Å². The van der Waals surface area contributed by atoms with E-state index < -0.39 is 4.92 Å². The van der Waals surface area contributed by atoms with E-state index in [-0.39, 0.29) is 16.2 Å². The zero-order valence-corrected chi connectivity index (χ0v) is 8.47. The minimum Gasteiger partial charge on any atom is -0.299 e. The van der Waals surface area contributed by atoms with Crippen molar-refractivity contribution >= 4 is 22.1 Å². The molecule has 2 rings (SSSR count). The van der Waals surface area contributed by atoms with E-state index in [4.69, 9.17) is 0 Å². The predicted molar refractivity (Wildman–Crippen MR) is 52.6 cm³/mol. The van der Waals surface area contributed by atoms with Crippen LogP contribution in [0.2, 0.25) is 0 Å². The Morgan fingerprint density at radius 2 is 2.21 bits per heavy atom. The number of nitrogens with zero attached hydrogens (tertiary/aromatic N) is 1. The summed E-state index contributed by atoms with van der Waals surface area (Å²) in [6, 6.07) is 3.18. The number of carbonyl (C=O) groups excluding carboxylic acids is 1. The van der Waals surface area contributed by atoms with Crippen molar-refractivity contribution < 1.29 is 9.72 Å². The Hall–Kier alpha value is -1.23. The lowest BCUT2D eigenvalue weighted by Crippen LogP contribution is -2.14. The molecule has 1 aliphatic rings. The summed E-state index contributed by atoms with van der Waals surface area (Å²) in [6.07, 6.45) is 1.67. The molecular weight excluding hydrogens is 202 g/mol. The van der Waals surface area contributed by atoms with Crippen LogP contribution in [0, 0.1) is 10.1 Å². The number of hydrogen-bond acceptors (Lipinski definition) is 4. The maximum atomic E-state index is 11.3. The molecule has 0 unspecified atom stereocenters. The van der Waals surface area contributed by atoms with Gasteiger partial charge in [-0.3, -0.25) is 14.9 Å². The highest BCUT2D eigenvalue weighted by atomic mass is 32.1. The normalized spacial score (nSPS) is 17.8. The quantitative estimate of drug-likeness (QED) is 0.569. The highest BCUT2D eigenvalue weighted by Gasteiger charge is 2.50. The molecule has 1 aliphatic carbocycles. The molecule has 1 saturated carbocycles. The number of hydrogen-bond donors (Lipinski definition) is 0. The SMILES string of the molecule is CC(=O)C1(c2ccc([N+](=O)[O-])s2)CC1. The fourth-order valence-electron chi connectivity index (χ4n) is 1.58. The Balaban J connectivity index is 2.34. The van der Waals surface area contributed by atoms with E-state index in [1.165, 1.54) is 6.07 Å². The van der Waals surface area contributed by atoms with Crippen molar-refractivity contribution in [3.63, 3.8) is 0 Å². The molecule has 1 aromatic rings. The van der Waals surface area contributed by atoms with Crippen LogP contribution >= 0.6 is 11.3 Å². The van der Waals surface area contributed by atoms with Gasteiger partial charge in [0.15, 0.2) is 0 Å². The molecule has 0 N–H and O–H groups in total. The summed E-state index contributed by atoms with van der Waals surface area (Å²) < 4.78 is 0. The summed E-state index contributed by atoms with van der Waals surface area (Å²) in [4.78, 5) is 22.2. The lowest BCUT2D eigenvalue weighted by atomic mass is 10.0. The molecule has 0 aromatic carbocycles. The second kappa shape index (κ2) is 2.88. The topological polar surface area (TPSA) is 60.2 Å². The number of rotatable bonds is 3. The lowest BCUT2D eigenvalue weighted by Gasteiger charge is -2.06. The van der Waals surface area contributed by atoms with Gasteiger partial charge in [0.2, 0.25) is 0 Å². The number of ketones is 1. The summed E-state index contributed by atoms with van der Waals surface area (Å²) in [7, 11) is 0. The molecule has 0 aliphatic heterocycles. The van der Waals surface area contributed by atoms with Crippen molar-refractivity contribution in [2.24, 2.45) is 0 Å². The summed E-state index contributed by atoms with van der Waals surface area (Å²) in [5, 5.41) is 10.6. The van der Waals surface area contributed by atoms with E-state index in [0.717, 1.165) is 29.1 Å². The summed E-state index contributed by atoms with van der Waals surface area (Å²) in [5.41, 5.74) is -0.376. The Labute approximate surface area is 84.7 Å². The maximum Gasteiger partial charge on any atom is 0.324 e. The molecule has 0 radical (unpaired) electrons. The van der Waals surface area contributed by atoms with Gasteiger partial charge in [-0.1, -0.05) is 11.3 Å². The minimum absolute atomic E-state index is 0.118. The van der Waals surface area contributed by atoms with Crippen LogP contribution in [0.1, 0.15) is 24.6 Å². The number of thiophene rings is 1. The van der Waals surface area contributed by atoms with Gasteiger partial charge in [-0.05, 0) is 25.8 Å². The zero-order chi connectivity index (χ0) is 10.3. The fourth-order valence-corrected chi connectivity index (χ4v) is 2.70. The molecule has 0 saturated heterocycles. The van der Waals surface area contributed by atoms with E-state index in [9.17, 15) is 14.9 Å². The van der Waals surface area contributed by atoms with Crippen molar-refractivity contribution in [1.82, 2.24) is 0 Å². The van der Waals surface area contributed by atoms with Crippen molar-refractivity contribution in [3.8, 4) is 0 Å². The second-order valence-electron chi connectivity index (χ2n) is 3.53. The molecule has 14 heavy (non-hydrogen) atoms. The summed E-state index contributed by atoms with van der Waals surface area (Å²) >= 11 is 1.12. The maximum absolute atomic E-state index is 11.3. The molecule has 0 atom stereocenters. The first kappa shape index (κ1) is 9.33. The van der Waals surface area contributed by atoms with Crippen LogP contribution in [0.15, 0.2) is 12.1 Å². The third-order valence-electron chi connectivity index (χ3n) is 2.67. The standard InChI is InChI=1S/C9H9NO3S/c1-6(11)9(4-5-9)7-2-3-8(14-7)10(12)13/h2-3H,4-5H2,1H3. The van der Waals surface area contributed by atoms with Crippen LogP contribution in [-0.4, -0.2) is 10.7 Å². The second-order valence-corrected chi connectivity index (χ2v) is 4.60. The van der Waals surface area contributed by atoms with Crippen LogP contribution < -0.4 is 0 Å². The van der Waals surface area contributed by atoms with Gasteiger partial charge in [0.05, 0.1) is 10.3 Å². The van der Waals surface area contributed by atoms with E-state index in [1.54, 1.807) is 13.0 Å². The molecule has 5 heteroatoms.